The average molecular weight is 441 g/mol. The molecular weight excluding hydrogens is 418 g/mol. The largest absolute Gasteiger partial charge is 0.464 e. The van der Waals surface area contributed by atoms with E-state index in [9.17, 15) is 14.4 Å². The Kier molecular flexibility index (Phi) is 6.64. The molecular formula is C27H23NO5. The Morgan fingerprint density at radius 1 is 0.879 bits per heavy atom. The number of hydrogen-bond acceptors (Lipinski definition) is 5. The molecule has 0 unspecified atom stereocenters. The van der Waals surface area contributed by atoms with E-state index in [0.717, 1.165) is 11.1 Å². The maximum atomic E-state index is 13.4. The Morgan fingerprint density at radius 2 is 1.48 bits per heavy atom. The number of amides is 1. The summed E-state index contributed by atoms with van der Waals surface area (Å²) in [5.41, 5.74) is 1.45. The molecule has 1 heterocycles. The molecule has 166 valence electrons. The first-order valence-corrected chi connectivity index (χ1v) is 10.7. The molecule has 0 aliphatic rings. The molecule has 1 atom stereocenters. The Hall–Kier alpha value is -4.19. The summed E-state index contributed by atoms with van der Waals surface area (Å²) >= 11 is 0. The van der Waals surface area contributed by atoms with Crippen molar-refractivity contribution in [2.75, 3.05) is 6.61 Å². The van der Waals surface area contributed by atoms with E-state index in [-0.39, 0.29) is 18.8 Å². The minimum absolute atomic E-state index is 0.146. The normalized spacial score (nSPS) is 11.7. The van der Waals surface area contributed by atoms with E-state index in [0.29, 0.717) is 16.3 Å². The highest BCUT2D eigenvalue weighted by Crippen LogP contribution is 2.30. The Labute approximate surface area is 190 Å². The second kappa shape index (κ2) is 9.96. The molecule has 0 saturated carbocycles. The van der Waals surface area contributed by atoms with Crippen LogP contribution in [0.3, 0.4) is 0 Å². The molecule has 6 heteroatoms. The molecule has 0 saturated heterocycles. The Morgan fingerprint density at radius 3 is 2.15 bits per heavy atom. The molecule has 1 aromatic heterocycles. The van der Waals surface area contributed by atoms with Crippen LogP contribution in [0.4, 0.5) is 0 Å². The number of carbonyl (C=O) groups is 2. The fraction of sp³-hybridized carbons (Fsp3) is 0.148. The topological polar surface area (TPSA) is 85.6 Å². The van der Waals surface area contributed by atoms with Crippen molar-refractivity contribution in [3.05, 3.63) is 107 Å². The molecule has 3 aromatic carbocycles. The minimum atomic E-state index is -0.944. The quantitative estimate of drug-likeness (QED) is 0.431. The van der Waals surface area contributed by atoms with Crippen molar-refractivity contribution in [2.45, 2.75) is 19.4 Å². The van der Waals surface area contributed by atoms with Crippen LogP contribution in [0.5, 0.6) is 0 Å². The van der Waals surface area contributed by atoms with Crippen LogP contribution in [0.25, 0.3) is 21.9 Å². The first kappa shape index (κ1) is 22.0. The van der Waals surface area contributed by atoms with E-state index in [1.807, 2.05) is 60.7 Å². The molecule has 4 aromatic rings. The highest BCUT2D eigenvalue weighted by atomic mass is 16.5. The Balaban J connectivity index is 1.78. The van der Waals surface area contributed by atoms with Crippen molar-refractivity contribution in [3.8, 4) is 11.1 Å². The van der Waals surface area contributed by atoms with Gasteiger partial charge in [0, 0.05) is 17.4 Å². The van der Waals surface area contributed by atoms with Crippen molar-refractivity contribution in [3.63, 3.8) is 0 Å². The van der Waals surface area contributed by atoms with Gasteiger partial charge in [0.15, 0.2) is 0 Å². The van der Waals surface area contributed by atoms with Gasteiger partial charge in [-0.25, -0.2) is 9.59 Å². The lowest BCUT2D eigenvalue weighted by atomic mass is 9.97. The van der Waals surface area contributed by atoms with Crippen molar-refractivity contribution in [1.82, 2.24) is 5.32 Å². The summed E-state index contributed by atoms with van der Waals surface area (Å²) in [7, 11) is 0. The number of ether oxygens (including phenoxy) is 1. The van der Waals surface area contributed by atoms with Crippen molar-refractivity contribution in [1.29, 1.82) is 0 Å². The van der Waals surface area contributed by atoms with E-state index in [1.165, 1.54) is 0 Å². The lowest BCUT2D eigenvalue weighted by Crippen LogP contribution is -2.43. The van der Waals surface area contributed by atoms with E-state index < -0.39 is 23.5 Å². The summed E-state index contributed by atoms with van der Waals surface area (Å²) in [5.74, 6) is -1.36. The van der Waals surface area contributed by atoms with Gasteiger partial charge in [0.05, 0.1) is 12.0 Å². The number of fused-ring (bicyclic) bond motifs is 1. The first-order chi connectivity index (χ1) is 16.1. The number of hydrogen-bond donors (Lipinski definition) is 1. The maximum Gasteiger partial charge on any atom is 0.344 e. The zero-order chi connectivity index (χ0) is 23.2. The summed E-state index contributed by atoms with van der Waals surface area (Å²) in [5, 5.41) is 3.69. The highest BCUT2D eigenvalue weighted by Gasteiger charge is 2.27. The van der Waals surface area contributed by atoms with Crippen LogP contribution in [-0.4, -0.2) is 24.5 Å². The van der Waals surface area contributed by atoms with Crippen molar-refractivity contribution < 1.29 is 18.7 Å². The SMILES string of the molecule is CCOC(=O)[C@H](Cc1ccccc1)NC(=O)c1oc(=O)c2ccccc2c1-c1ccccc1. The fourth-order valence-corrected chi connectivity index (χ4v) is 3.76. The maximum absolute atomic E-state index is 13.4. The number of esters is 1. The van der Waals surface area contributed by atoms with Gasteiger partial charge in [0.2, 0.25) is 5.76 Å². The average Bonchev–Trinajstić information content (AvgIpc) is 2.85. The highest BCUT2D eigenvalue weighted by molar-refractivity contribution is 6.07. The second-order valence-corrected chi connectivity index (χ2v) is 7.47. The summed E-state index contributed by atoms with van der Waals surface area (Å²) in [4.78, 5) is 38.7. The van der Waals surface area contributed by atoms with Crippen LogP contribution in [0.2, 0.25) is 0 Å². The van der Waals surface area contributed by atoms with Crippen LogP contribution in [0.15, 0.2) is 94.1 Å². The molecule has 33 heavy (non-hydrogen) atoms. The number of carbonyl (C=O) groups excluding carboxylic acids is 2. The van der Waals surface area contributed by atoms with Crippen LogP contribution >= 0.6 is 0 Å². The van der Waals surface area contributed by atoms with Gasteiger partial charge in [-0.15, -0.1) is 0 Å². The monoisotopic (exact) mass is 441 g/mol. The molecule has 4 rings (SSSR count). The van der Waals surface area contributed by atoms with Gasteiger partial charge in [0.1, 0.15) is 6.04 Å². The van der Waals surface area contributed by atoms with E-state index in [2.05, 4.69) is 5.32 Å². The van der Waals surface area contributed by atoms with Crippen molar-refractivity contribution >= 4 is 22.6 Å². The van der Waals surface area contributed by atoms with E-state index in [1.54, 1.807) is 31.2 Å². The van der Waals surface area contributed by atoms with Crippen molar-refractivity contribution in [2.24, 2.45) is 0 Å². The van der Waals surface area contributed by atoms with Gasteiger partial charge < -0.3 is 14.5 Å². The molecule has 0 fully saturated rings. The third kappa shape index (κ3) is 4.85. The predicted molar refractivity (Wildman–Crippen MR) is 126 cm³/mol. The fourth-order valence-electron chi connectivity index (χ4n) is 3.76. The summed E-state index contributed by atoms with van der Waals surface area (Å²) in [6.45, 7) is 1.88. The molecule has 1 amide bonds. The zero-order valence-corrected chi connectivity index (χ0v) is 18.1. The number of nitrogens with one attached hydrogen (secondary N) is 1. The van der Waals surface area contributed by atoms with Crippen LogP contribution in [-0.2, 0) is 16.0 Å². The van der Waals surface area contributed by atoms with Gasteiger partial charge >= 0.3 is 11.6 Å². The molecule has 0 bridgehead atoms. The smallest absolute Gasteiger partial charge is 0.344 e. The third-order valence-electron chi connectivity index (χ3n) is 5.27. The summed E-state index contributed by atoms with van der Waals surface area (Å²) in [6.07, 6.45) is 0.240. The van der Waals surface area contributed by atoms with Crippen LogP contribution < -0.4 is 10.9 Å². The molecule has 6 nitrogen and oxygen atoms in total. The minimum Gasteiger partial charge on any atom is -0.464 e. The molecule has 0 radical (unpaired) electrons. The first-order valence-electron chi connectivity index (χ1n) is 10.7. The number of rotatable bonds is 7. The number of benzene rings is 3. The standard InChI is InChI=1S/C27H23NO5/c1-2-32-27(31)22(17-18-11-5-3-6-12-18)28-25(29)24-23(19-13-7-4-8-14-19)20-15-9-10-16-21(20)26(30)33-24/h3-16,22H,2,17H2,1H3,(H,28,29)/t22-/m0/s1. The van der Waals surface area contributed by atoms with E-state index >= 15 is 0 Å². The van der Waals surface area contributed by atoms with Crippen LogP contribution in [0, 0.1) is 0 Å². The molecule has 0 aliphatic carbocycles. The Bertz CT molecular complexity index is 1330. The van der Waals surface area contributed by atoms with E-state index in [4.69, 9.17) is 9.15 Å². The molecule has 0 aliphatic heterocycles. The van der Waals surface area contributed by atoms with Gasteiger partial charge in [-0.05, 0) is 24.1 Å². The van der Waals surface area contributed by atoms with Crippen LogP contribution in [0.1, 0.15) is 23.0 Å². The zero-order valence-electron chi connectivity index (χ0n) is 18.1. The molecule has 1 N–H and O–H groups in total. The molecule has 0 spiro atoms. The lowest BCUT2D eigenvalue weighted by molar-refractivity contribution is -0.145. The van der Waals surface area contributed by atoms with Gasteiger partial charge in [0.25, 0.3) is 5.91 Å². The summed E-state index contributed by atoms with van der Waals surface area (Å²) in [6, 6.07) is 24.6. The second-order valence-electron chi connectivity index (χ2n) is 7.47. The van der Waals surface area contributed by atoms with Gasteiger partial charge in [-0.2, -0.15) is 0 Å². The lowest BCUT2D eigenvalue weighted by Gasteiger charge is -2.18. The van der Waals surface area contributed by atoms with Gasteiger partial charge in [-0.1, -0.05) is 78.9 Å². The van der Waals surface area contributed by atoms with Gasteiger partial charge in [-0.3, -0.25) is 4.79 Å². The third-order valence-corrected chi connectivity index (χ3v) is 5.27. The predicted octanol–water partition coefficient (Wildman–Crippen LogP) is 4.36. The summed E-state index contributed by atoms with van der Waals surface area (Å²) < 4.78 is 10.7.